The molecule has 5 heteroatoms. The van der Waals surface area contributed by atoms with Gasteiger partial charge in [-0.25, -0.2) is 0 Å². The SMILES string of the molecule is CC.CCOCC1CCC(COCCC(=O)NC2CCC(C(=O)C(C)C)CC2)CC1.[HH]. The van der Waals surface area contributed by atoms with Crippen LogP contribution in [0, 0.1) is 23.7 Å². The minimum atomic E-state index is 0. The van der Waals surface area contributed by atoms with Gasteiger partial charge in [0, 0.05) is 45.5 Å². The van der Waals surface area contributed by atoms with E-state index in [0.29, 0.717) is 30.6 Å². The van der Waals surface area contributed by atoms with Crippen LogP contribution in [0.5, 0.6) is 0 Å². The molecule has 2 fully saturated rings. The van der Waals surface area contributed by atoms with Crippen LogP contribution in [0.25, 0.3) is 0 Å². The van der Waals surface area contributed by atoms with Crippen LogP contribution in [-0.2, 0) is 19.1 Å². The normalized spacial score (nSPS) is 26.6. The maximum absolute atomic E-state index is 12.2. The molecule has 2 aliphatic rings. The average Bonchev–Trinajstić information content (AvgIpc) is 2.77. The zero-order chi connectivity index (χ0) is 22.4. The Kier molecular flexibility index (Phi) is 14.3. The van der Waals surface area contributed by atoms with Crippen LogP contribution >= 0.6 is 0 Å². The van der Waals surface area contributed by atoms with Crippen LogP contribution in [0.1, 0.15) is 93.8 Å². The highest BCUT2D eigenvalue weighted by molar-refractivity contribution is 5.83. The molecule has 0 aromatic carbocycles. The second-order valence-corrected chi connectivity index (χ2v) is 9.04. The molecule has 0 heterocycles. The van der Waals surface area contributed by atoms with E-state index in [4.69, 9.17) is 9.47 Å². The summed E-state index contributed by atoms with van der Waals surface area (Å²) in [6, 6.07) is 0.226. The maximum Gasteiger partial charge on any atom is 0.222 e. The summed E-state index contributed by atoms with van der Waals surface area (Å²) in [6.45, 7) is 13.0. The van der Waals surface area contributed by atoms with Gasteiger partial charge in [0.1, 0.15) is 5.78 Å². The first-order chi connectivity index (χ1) is 14.5. The zero-order valence-electron chi connectivity index (χ0n) is 20.2. The summed E-state index contributed by atoms with van der Waals surface area (Å²) in [4.78, 5) is 24.2. The average molecular weight is 428 g/mol. The predicted molar refractivity (Wildman–Crippen MR) is 125 cm³/mol. The van der Waals surface area contributed by atoms with Gasteiger partial charge in [-0.2, -0.15) is 0 Å². The van der Waals surface area contributed by atoms with E-state index in [-0.39, 0.29) is 25.2 Å². The third-order valence-electron chi connectivity index (χ3n) is 6.41. The highest BCUT2D eigenvalue weighted by Crippen LogP contribution is 2.29. The van der Waals surface area contributed by atoms with E-state index < -0.39 is 0 Å². The Morgan fingerprint density at radius 1 is 0.900 bits per heavy atom. The number of nitrogens with one attached hydrogen (secondary N) is 1. The molecule has 178 valence electrons. The van der Waals surface area contributed by atoms with Gasteiger partial charge in [-0.05, 0) is 70.1 Å². The zero-order valence-corrected chi connectivity index (χ0v) is 20.2. The van der Waals surface area contributed by atoms with E-state index in [1.54, 1.807) is 0 Å². The van der Waals surface area contributed by atoms with Crippen molar-refractivity contribution in [2.75, 3.05) is 26.4 Å². The molecular weight excluding hydrogens is 378 g/mol. The number of rotatable bonds is 11. The molecule has 2 rings (SSSR count). The largest absolute Gasteiger partial charge is 0.381 e. The molecule has 5 nitrogen and oxygen atoms in total. The lowest BCUT2D eigenvalue weighted by Gasteiger charge is -2.29. The van der Waals surface area contributed by atoms with Crippen molar-refractivity contribution in [3.63, 3.8) is 0 Å². The molecule has 0 aliphatic heterocycles. The van der Waals surface area contributed by atoms with Crippen molar-refractivity contribution in [3.8, 4) is 0 Å². The predicted octanol–water partition coefficient (Wildman–Crippen LogP) is 5.41. The fourth-order valence-electron chi connectivity index (χ4n) is 4.56. The number of amides is 1. The Morgan fingerprint density at radius 3 is 1.93 bits per heavy atom. The fourth-order valence-corrected chi connectivity index (χ4v) is 4.56. The Morgan fingerprint density at radius 2 is 1.43 bits per heavy atom. The molecule has 0 spiro atoms. The third kappa shape index (κ3) is 10.4. The number of Topliss-reactive ketones (excluding diaryl/α,β-unsaturated/α-hetero) is 1. The first-order valence-electron chi connectivity index (χ1n) is 12.5. The van der Waals surface area contributed by atoms with Crippen molar-refractivity contribution >= 4 is 11.7 Å². The lowest BCUT2D eigenvalue weighted by Crippen LogP contribution is -2.39. The van der Waals surface area contributed by atoms with Gasteiger partial charge in [-0.3, -0.25) is 9.59 Å². The molecule has 0 saturated heterocycles. The number of hydrogen-bond donors (Lipinski definition) is 1. The van der Waals surface area contributed by atoms with Gasteiger partial charge >= 0.3 is 0 Å². The molecule has 0 unspecified atom stereocenters. The standard InChI is InChI=1S/C23H41NO4.C2H6.H2/c1-4-27-15-18-5-7-19(8-6-18)16-28-14-13-22(25)24-21-11-9-20(10-12-21)23(26)17(2)3;1-2;/h17-21H,4-16H2,1-3H3,(H,24,25);1-2H3;1H. The Labute approximate surface area is 186 Å². The van der Waals surface area contributed by atoms with Crippen molar-refractivity contribution in [3.05, 3.63) is 0 Å². The highest BCUT2D eigenvalue weighted by Gasteiger charge is 2.28. The lowest BCUT2D eigenvalue weighted by molar-refractivity contribution is -0.127. The molecule has 0 aromatic rings. The van der Waals surface area contributed by atoms with Gasteiger partial charge < -0.3 is 14.8 Å². The smallest absolute Gasteiger partial charge is 0.222 e. The van der Waals surface area contributed by atoms with Crippen molar-refractivity contribution in [2.24, 2.45) is 23.7 Å². The lowest BCUT2D eigenvalue weighted by atomic mass is 9.80. The van der Waals surface area contributed by atoms with E-state index in [0.717, 1.165) is 45.5 Å². The van der Waals surface area contributed by atoms with Crippen LogP contribution in [0.2, 0.25) is 0 Å². The van der Waals surface area contributed by atoms with Gasteiger partial charge in [0.15, 0.2) is 0 Å². The molecule has 1 amide bonds. The number of ketones is 1. The first kappa shape index (κ1) is 27.1. The van der Waals surface area contributed by atoms with Crippen molar-refractivity contribution in [2.45, 2.75) is 98.4 Å². The molecule has 1 N–H and O–H groups in total. The van der Waals surface area contributed by atoms with Gasteiger partial charge in [0.05, 0.1) is 6.61 Å². The van der Waals surface area contributed by atoms with Gasteiger partial charge in [0.25, 0.3) is 0 Å². The summed E-state index contributed by atoms with van der Waals surface area (Å²) in [5, 5.41) is 3.13. The van der Waals surface area contributed by atoms with Gasteiger partial charge in [0.2, 0.25) is 5.91 Å². The molecule has 0 radical (unpaired) electrons. The monoisotopic (exact) mass is 427 g/mol. The van der Waals surface area contributed by atoms with Crippen LogP contribution in [-0.4, -0.2) is 44.2 Å². The third-order valence-corrected chi connectivity index (χ3v) is 6.41. The quantitative estimate of drug-likeness (QED) is 0.448. The molecular formula is C25H49NO4. The minimum absolute atomic E-state index is 0. The first-order valence-corrected chi connectivity index (χ1v) is 12.5. The summed E-state index contributed by atoms with van der Waals surface area (Å²) in [6.07, 6.45) is 8.97. The number of ether oxygens (including phenoxy) is 2. The van der Waals surface area contributed by atoms with E-state index >= 15 is 0 Å². The van der Waals surface area contributed by atoms with Crippen molar-refractivity contribution in [1.29, 1.82) is 0 Å². The minimum Gasteiger partial charge on any atom is -0.381 e. The maximum atomic E-state index is 12.2. The molecule has 0 atom stereocenters. The Bertz CT molecular complexity index is 470. The summed E-state index contributed by atoms with van der Waals surface area (Å²) in [5.74, 6) is 2.12. The summed E-state index contributed by atoms with van der Waals surface area (Å²) >= 11 is 0. The van der Waals surface area contributed by atoms with Crippen LogP contribution < -0.4 is 5.32 Å². The second-order valence-electron chi connectivity index (χ2n) is 9.04. The van der Waals surface area contributed by atoms with Crippen molar-refractivity contribution in [1.82, 2.24) is 5.32 Å². The number of carbonyl (C=O) groups is 2. The van der Waals surface area contributed by atoms with E-state index in [1.807, 2.05) is 27.7 Å². The second kappa shape index (κ2) is 15.8. The Hall–Kier alpha value is -0.940. The summed E-state index contributed by atoms with van der Waals surface area (Å²) < 4.78 is 11.3. The van der Waals surface area contributed by atoms with E-state index in [1.165, 1.54) is 25.7 Å². The van der Waals surface area contributed by atoms with Crippen LogP contribution in [0.4, 0.5) is 0 Å². The van der Waals surface area contributed by atoms with E-state index in [9.17, 15) is 9.59 Å². The number of carbonyl (C=O) groups excluding carboxylic acids is 2. The Balaban J connectivity index is 0.00000291. The number of hydrogen-bond acceptors (Lipinski definition) is 4. The topological polar surface area (TPSA) is 64.6 Å². The summed E-state index contributed by atoms with van der Waals surface area (Å²) in [7, 11) is 0. The molecule has 0 bridgehead atoms. The van der Waals surface area contributed by atoms with Gasteiger partial charge in [-0.1, -0.05) is 27.7 Å². The van der Waals surface area contributed by atoms with Crippen LogP contribution in [0.15, 0.2) is 0 Å². The van der Waals surface area contributed by atoms with Crippen LogP contribution in [0.3, 0.4) is 0 Å². The summed E-state index contributed by atoms with van der Waals surface area (Å²) in [5.41, 5.74) is 0. The fraction of sp³-hybridized carbons (Fsp3) is 0.920. The molecule has 2 saturated carbocycles. The molecule has 0 aromatic heterocycles. The molecule has 30 heavy (non-hydrogen) atoms. The van der Waals surface area contributed by atoms with E-state index in [2.05, 4.69) is 12.2 Å². The van der Waals surface area contributed by atoms with Gasteiger partial charge in [-0.15, -0.1) is 0 Å². The highest BCUT2D eigenvalue weighted by atomic mass is 16.5. The molecule has 2 aliphatic carbocycles. The van der Waals surface area contributed by atoms with Crippen molar-refractivity contribution < 1.29 is 20.5 Å².